The maximum atomic E-state index is 12.4. The van der Waals surface area contributed by atoms with Crippen molar-refractivity contribution in [1.82, 2.24) is 9.65 Å². The zero-order valence-electron chi connectivity index (χ0n) is 14.1. The first-order chi connectivity index (χ1) is 11.5. The zero-order valence-corrected chi connectivity index (χ0v) is 15.7. The van der Waals surface area contributed by atoms with Gasteiger partial charge in [-0.05, 0) is 43.3 Å². The average Bonchev–Trinajstić information content (AvgIpc) is 2.63. The Morgan fingerprint density at radius 3 is 2.38 bits per heavy atom. The summed E-state index contributed by atoms with van der Waals surface area (Å²) in [5.41, 5.74) is 2.06. The van der Waals surface area contributed by atoms with Gasteiger partial charge in [-0.1, -0.05) is 29.8 Å². The van der Waals surface area contributed by atoms with E-state index in [2.05, 4.69) is 4.98 Å². The smallest absolute Gasteiger partial charge is 0.300 e. The van der Waals surface area contributed by atoms with Crippen LogP contribution in [0.25, 0.3) is 0 Å². The van der Waals surface area contributed by atoms with Crippen molar-refractivity contribution in [3.63, 3.8) is 0 Å². The maximum Gasteiger partial charge on any atom is 0.407 e. The van der Waals surface area contributed by atoms with Gasteiger partial charge in [0, 0.05) is 43.6 Å². The normalized spacial score (nSPS) is 13.2. The van der Waals surface area contributed by atoms with Crippen molar-refractivity contribution in [2.45, 2.75) is 12.3 Å². The molecule has 1 unspecified atom stereocenters. The number of pyridine rings is 1. The molecule has 0 saturated heterocycles. The molecule has 1 heterocycles. The number of hydrogen-bond acceptors (Lipinski definition) is 4. The van der Waals surface area contributed by atoms with Crippen LogP contribution in [-0.2, 0) is 13.6 Å². The lowest BCUT2D eigenvalue weighted by Gasteiger charge is -2.26. The molecular formula is C17H22ClN2O3P. The van der Waals surface area contributed by atoms with Gasteiger partial charge in [-0.3, -0.25) is 14.0 Å². The maximum absolute atomic E-state index is 12.4. The van der Waals surface area contributed by atoms with Crippen molar-refractivity contribution < 1.29 is 13.6 Å². The van der Waals surface area contributed by atoms with Crippen LogP contribution in [0.1, 0.15) is 23.6 Å². The lowest BCUT2D eigenvalue weighted by atomic mass is 9.92. The summed E-state index contributed by atoms with van der Waals surface area (Å²) in [5.74, 6) is 0.0630. The lowest BCUT2D eigenvalue weighted by Crippen LogP contribution is -2.21. The summed E-state index contributed by atoms with van der Waals surface area (Å²) in [4.78, 5) is 4.48. The number of nitrogens with zero attached hydrogens (tertiary/aromatic N) is 2. The van der Waals surface area contributed by atoms with E-state index in [0.29, 0.717) is 18.0 Å². The molecule has 7 heteroatoms. The number of benzene rings is 1. The minimum Gasteiger partial charge on any atom is -0.300 e. The molecule has 2 rings (SSSR count). The Hall–Kier alpha value is -1.23. The van der Waals surface area contributed by atoms with Gasteiger partial charge in [0.25, 0.3) is 0 Å². The van der Waals surface area contributed by atoms with Crippen molar-refractivity contribution in [2.75, 3.05) is 27.8 Å². The molecule has 24 heavy (non-hydrogen) atoms. The van der Waals surface area contributed by atoms with Crippen molar-refractivity contribution in [3.8, 4) is 0 Å². The summed E-state index contributed by atoms with van der Waals surface area (Å²) in [5, 5.41) is 0.693. The molecule has 0 N–H and O–H groups in total. The molecule has 1 aromatic heterocycles. The SMILES string of the molecule is COP(=O)(OC)N(C)CCC(c1ccc(Cl)cc1)c1ccccn1. The third-order valence-corrected chi connectivity index (χ3v) is 6.15. The van der Waals surface area contributed by atoms with Gasteiger partial charge in [0.05, 0.1) is 0 Å². The van der Waals surface area contributed by atoms with Crippen LogP contribution in [-0.4, -0.2) is 37.5 Å². The quantitative estimate of drug-likeness (QED) is 0.638. The Morgan fingerprint density at radius 2 is 1.83 bits per heavy atom. The molecule has 0 saturated carbocycles. The summed E-state index contributed by atoms with van der Waals surface area (Å²) >= 11 is 5.99. The van der Waals surface area contributed by atoms with Crippen LogP contribution in [0.15, 0.2) is 48.7 Å². The highest BCUT2D eigenvalue weighted by Gasteiger charge is 2.28. The molecule has 1 atom stereocenters. The van der Waals surface area contributed by atoms with Crippen LogP contribution in [0.4, 0.5) is 0 Å². The molecule has 0 amide bonds. The standard InChI is InChI=1S/C17H22ClN2O3P/c1-20(24(21,22-2)23-3)13-11-16(17-6-4-5-12-19-17)14-7-9-15(18)10-8-14/h4-10,12,16H,11,13H2,1-3H3. The van der Waals surface area contributed by atoms with E-state index < -0.39 is 7.75 Å². The first-order valence-corrected chi connectivity index (χ1v) is 9.47. The summed E-state index contributed by atoms with van der Waals surface area (Å²) in [6.07, 6.45) is 2.49. The van der Waals surface area contributed by atoms with E-state index >= 15 is 0 Å². The second kappa shape index (κ2) is 8.75. The minimum absolute atomic E-state index is 0.0630. The van der Waals surface area contributed by atoms with Crippen molar-refractivity contribution in [3.05, 3.63) is 64.9 Å². The molecule has 0 aliphatic rings. The molecular weight excluding hydrogens is 347 g/mol. The average molecular weight is 369 g/mol. The fraction of sp³-hybridized carbons (Fsp3) is 0.353. The van der Waals surface area contributed by atoms with Crippen LogP contribution >= 0.6 is 19.3 Å². The third kappa shape index (κ3) is 4.65. The Morgan fingerprint density at radius 1 is 1.17 bits per heavy atom. The first kappa shape index (κ1) is 19.1. The summed E-state index contributed by atoms with van der Waals surface area (Å²) in [6, 6.07) is 13.6. The Labute approximate surface area is 148 Å². The van der Waals surface area contributed by atoms with Crippen LogP contribution in [0.2, 0.25) is 5.02 Å². The van der Waals surface area contributed by atoms with Crippen LogP contribution in [0.5, 0.6) is 0 Å². The van der Waals surface area contributed by atoms with E-state index in [4.69, 9.17) is 20.6 Å². The minimum atomic E-state index is -3.23. The molecule has 130 valence electrons. The largest absolute Gasteiger partial charge is 0.407 e. The Balaban J connectivity index is 2.21. The molecule has 1 aromatic carbocycles. The van der Waals surface area contributed by atoms with Gasteiger partial charge in [0.2, 0.25) is 0 Å². The Kier molecular flexibility index (Phi) is 6.96. The molecule has 2 aromatic rings. The summed E-state index contributed by atoms with van der Waals surface area (Å²) < 4.78 is 24.1. The second-order valence-electron chi connectivity index (χ2n) is 5.36. The zero-order chi connectivity index (χ0) is 17.6. The van der Waals surface area contributed by atoms with E-state index in [9.17, 15) is 4.57 Å². The summed E-state index contributed by atoms with van der Waals surface area (Å²) in [7, 11) is 1.27. The second-order valence-corrected chi connectivity index (χ2v) is 8.15. The third-order valence-electron chi connectivity index (χ3n) is 3.94. The van der Waals surface area contributed by atoms with E-state index in [-0.39, 0.29) is 5.92 Å². The van der Waals surface area contributed by atoms with Crippen LogP contribution in [0, 0.1) is 0 Å². The number of halogens is 1. The van der Waals surface area contributed by atoms with E-state index in [1.54, 1.807) is 17.9 Å². The lowest BCUT2D eigenvalue weighted by molar-refractivity contribution is 0.219. The Bertz CT molecular complexity index is 674. The molecule has 0 radical (unpaired) electrons. The predicted molar refractivity (Wildman–Crippen MR) is 96.4 cm³/mol. The highest BCUT2D eigenvalue weighted by molar-refractivity contribution is 7.51. The molecule has 0 spiro atoms. The van der Waals surface area contributed by atoms with Crippen molar-refractivity contribution >= 4 is 19.3 Å². The van der Waals surface area contributed by atoms with Gasteiger partial charge >= 0.3 is 7.75 Å². The van der Waals surface area contributed by atoms with Gasteiger partial charge in [-0.15, -0.1) is 0 Å². The van der Waals surface area contributed by atoms with Gasteiger partial charge in [-0.2, -0.15) is 0 Å². The van der Waals surface area contributed by atoms with Crippen LogP contribution < -0.4 is 0 Å². The highest BCUT2D eigenvalue weighted by Crippen LogP contribution is 2.49. The highest BCUT2D eigenvalue weighted by atomic mass is 35.5. The number of aromatic nitrogens is 1. The molecule has 0 bridgehead atoms. The topological polar surface area (TPSA) is 51.7 Å². The van der Waals surface area contributed by atoms with E-state index in [1.165, 1.54) is 14.2 Å². The van der Waals surface area contributed by atoms with Gasteiger partial charge in [-0.25, -0.2) is 9.24 Å². The number of hydrogen-bond donors (Lipinski definition) is 0. The molecule has 0 aliphatic carbocycles. The van der Waals surface area contributed by atoms with Gasteiger partial charge < -0.3 is 0 Å². The fourth-order valence-electron chi connectivity index (χ4n) is 2.55. The first-order valence-electron chi connectivity index (χ1n) is 7.59. The fourth-order valence-corrected chi connectivity index (χ4v) is 3.75. The van der Waals surface area contributed by atoms with E-state index in [0.717, 1.165) is 11.3 Å². The van der Waals surface area contributed by atoms with Gasteiger partial charge in [0.15, 0.2) is 0 Å². The summed E-state index contributed by atoms with van der Waals surface area (Å²) in [6.45, 7) is 0.531. The predicted octanol–water partition coefficient (Wildman–Crippen LogP) is 4.59. The molecule has 0 aliphatic heterocycles. The van der Waals surface area contributed by atoms with E-state index in [1.807, 2.05) is 42.5 Å². The van der Waals surface area contributed by atoms with Crippen molar-refractivity contribution in [1.29, 1.82) is 0 Å². The van der Waals surface area contributed by atoms with Crippen LogP contribution in [0.3, 0.4) is 0 Å². The van der Waals surface area contributed by atoms with Gasteiger partial charge in [0.1, 0.15) is 0 Å². The monoisotopic (exact) mass is 368 g/mol. The molecule has 5 nitrogen and oxygen atoms in total. The molecule has 0 fully saturated rings. The number of rotatable bonds is 8. The van der Waals surface area contributed by atoms with Crippen molar-refractivity contribution in [2.24, 2.45) is 0 Å².